The van der Waals surface area contributed by atoms with Gasteiger partial charge in [-0.2, -0.15) is 0 Å². The number of hydrogen-bond acceptors (Lipinski definition) is 6. The number of carbonyl (C=O) groups is 2. The zero-order valence-corrected chi connectivity index (χ0v) is 16.3. The van der Waals surface area contributed by atoms with E-state index in [-0.39, 0.29) is 13.2 Å². The Morgan fingerprint density at radius 3 is 2.29 bits per heavy atom. The maximum atomic E-state index is 12.1. The van der Waals surface area contributed by atoms with Gasteiger partial charge in [-0.05, 0) is 44.2 Å². The highest BCUT2D eigenvalue weighted by molar-refractivity contribution is 5.83. The van der Waals surface area contributed by atoms with Crippen LogP contribution in [0.4, 0.5) is 0 Å². The first-order valence-corrected chi connectivity index (χ1v) is 8.98. The highest BCUT2D eigenvalue weighted by Gasteiger charge is 2.18. The van der Waals surface area contributed by atoms with Gasteiger partial charge in [0.05, 0.1) is 13.7 Å². The monoisotopic (exact) mass is 387 g/mol. The summed E-state index contributed by atoms with van der Waals surface area (Å²) < 4.78 is 21.0. The van der Waals surface area contributed by atoms with Crippen molar-refractivity contribution < 1.29 is 28.5 Å². The molecule has 7 heteroatoms. The fourth-order valence-electron chi connectivity index (χ4n) is 2.40. The number of nitrogens with one attached hydrogen (secondary N) is 1. The lowest BCUT2D eigenvalue weighted by atomic mass is 10.2. The van der Waals surface area contributed by atoms with Gasteiger partial charge in [0.15, 0.2) is 12.7 Å². The van der Waals surface area contributed by atoms with E-state index < -0.39 is 18.0 Å². The van der Waals surface area contributed by atoms with Crippen LogP contribution in [0.1, 0.15) is 19.4 Å². The Morgan fingerprint density at radius 2 is 1.64 bits per heavy atom. The van der Waals surface area contributed by atoms with Gasteiger partial charge >= 0.3 is 5.97 Å². The molecule has 1 atom stereocenters. The van der Waals surface area contributed by atoms with E-state index in [1.807, 2.05) is 31.2 Å². The fraction of sp³-hybridized carbons (Fsp3) is 0.333. The minimum absolute atomic E-state index is 0.271. The average molecular weight is 387 g/mol. The Bertz CT molecular complexity index is 775. The van der Waals surface area contributed by atoms with Crippen LogP contribution in [0, 0.1) is 0 Å². The molecule has 0 radical (unpaired) electrons. The van der Waals surface area contributed by atoms with Crippen LogP contribution in [0.5, 0.6) is 17.2 Å². The molecule has 2 aromatic carbocycles. The molecule has 150 valence electrons. The summed E-state index contributed by atoms with van der Waals surface area (Å²) in [5.41, 5.74) is 0.829. The normalized spacial score (nSPS) is 11.2. The highest BCUT2D eigenvalue weighted by Crippen LogP contribution is 2.18. The molecule has 0 bridgehead atoms. The summed E-state index contributed by atoms with van der Waals surface area (Å²) in [7, 11) is 1.56. The second-order valence-corrected chi connectivity index (χ2v) is 5.85. The largest absolute Gasteiger partial charge is 0.496 e. The molecule has 0 aromatic heterocycles. The molecule has 28 heavy (non-hydrogen) atoms. The standard InChI is InChI=1S/C21H25NO6/c1-4-26-17-9-11-18(12-10-17)27-14-20(23)28-15(2)21(24)22-13-16-7-5-6-8-19(16)25-3/h5-12,15H,4,13-14H2,1-3H3,(H,22,24)/t15-/m0/s1. The van der Waals surface area contributed by atoms with Gasteiger partial charge in [-0.3, -0.25) is 4.79 Å². The Kier molecular flexibility index (Phi) is 8.14. The van der Waals surface area contributed by atoms with Gasteiger partial charge in [-0.15, -0.1) is 0 Å². The molecule has 0 heterocycles. The summed E-state index contributed by atoms with van der Waals surface area (Å²) in [6.07, 6.45) is -0.939. The number of esters is 1. The van der Waals surface area contributed by atoms with Gasteiger partial charge in [-0.25, -0.2) is 4.79 Å². The molecular weight excluding hydrogens is 362 g/mol. The number of hydrogen-bond donors (Lipinski definition) is 1. The lowest BCUT2D eigenvalue weighted by Gasteiger charge is -2.15. The van der Waals surface area contributed by atoms with E-state index in [0.717, 1.165) is 11.3 Å². The zero-order valence-electron chi connectivity index (χ0n) is 16.3. The first-order valence-electron chi connectivity index (χ1n) is 8.98. The van der Waals surface area contributed by atoms with E-state index in [4.69, 9.17) is 18.9 Å². The van der Waals surface area contributed by atoms with Crippen molar-refractivity contribution >= 4 is 11.9 Å². The summed E-state index contributed by atoms with van der Waals surface area (Å²) >= 11 is 0. The van der Waals surface area contributed by atoms with E-state index in [9.17, 15) is 9.59 Å². The molecule has 2 aromatic rings. The van der Waals surface area contributed by atoms with Crippen LogP contribution in [0.2, 0.25) is 0 Å². The lowest BCUT2D eigenvalue weighted by Crippen LogP contribution is -2.36. The molecule has 0 aliphatic rings. The highest BCUT2D eigenvalue weighted by atomic mass is 16.6. The maximum Gasteiger partial charge on any atom is 0.344 e. The summed E-state index contributed by atoms with van der Waals surface area (Å²) in [6.45, 7) is 3.95. The molecule has 1 N–H and O–H groups in total. The van der Waals surface area contributed by atoms with Gasteiger partial charge in [0, 0.05) is 12.1 Å². The topological polar surface area (TPSA) is 83.1 Å². The third-order valence-electron chi connectivity index (χ3n) is 3.81. The first-order chi connectivity index (χ1) is 13.5. The van der Waals surface area contributed by atoms with E-state index in [1.54, 1.807) is 31.4 Å². The fourth-order valence-corrected chi connectivity index (χ4v) is 2.40. The van der Waals surface area contributed by atoms with Gasteiger partial charge in [-0.1, -0.05) is 18.2 Å². The molecule has 2 rings (SSSR count). The number of ether oxygens (including phenoxy) is 4. The maximum absolute atomic E-state index is 12.1. The van der Waals surface area contributed by atoms with Crippen molar-refractivity contribution in [1.29, 1.82) is 0 Å². The zero-order chi connectivity index (χ0) is 20.4. The lowest BCUT2D eigenvalue weighted by molar-refractivity contribution is -0.156. The van der Waals surface area contributed by atoms with Crippen LogP contribution in [0.15, 0.2) is 48.5 Å². The molecule has 1 amide bonds. The third kappa shape index (κ3) is 6.50. The molecule has 0 saturated heterocycles. The van der Waals surface area contributed by atoms with E-state index >= 15 is 0 Å². The molecule has 0 spiro atoms. The first kappa shape index (κ1) is 21.1. The van der Waals surface area contributed by atoms with Crippen molar-refractivity contribution in [3.05, 3.63) is 54.1 Å². The molecule has 0 aliphatic heterocycles. The van der Waals surface area contributed by atoms with Gasteiger partial charge in [0.1, 0.15) is 17.2 Å². The van der Waals surface area contributed by atoms with Crippen LogP contribution in [-0.4, -0.2) is 38.3 Å². The number of benzene rings is 2. The predicted octanol–water partition coefficient (Wildman–Crippen LogP) is 2.72. The Balaban J connectivity index is 1.75. The Labute approximate surface area is 164 Å². The van der Waals surface area contributed by atoms with E-state index in [0.29, 0.717) is 18.1 Å². The van der Waals surface area contributed by atoms with Crippen molar-refractivity contribution in [3.63, 3.8) is 0 Å². The van der Waals surface area contributed by atoms with Crippen LogP contribution >= 0.6 is 0 Å². The third-order valence-corrected chi connectivity index (χ3v) is 3.81. The predicted molar refractivity (Wildman–Crippen MR) is 104 cm³/mol. The van der Waals surface area contributed by atoms with Crippen LogP contribution in [0.3, 0.4) is 0 Å². The molecule has 0 saturated carbocycles. The van der Waals surface area contributed by atoms with Crippen LogP contribution in [0.25, 0.3) is 0 Å². The number of rotatable bonds is 10. The molecule has 0 aliphatic carbocycles. The summed E-state index contributed by atoms with van der Waals surface area (Å²) in [5.74, 6) is 0.872. The number of amides is 1. The second-order valence-electron chi connectivity index (χ2n) is 5.85. The van der Waals surface area contributed by atoms with Gasteiger partial charge in [0.25, 0.3) is 5.91 Å². The molecule has 0 unspecified atom stereocenters. The number of para-hydroxylation sites is 1. The van der Waals surface area contributed by atoms with Crippen molar-refractivity contribution in [2.45, 2.75) is 26.5 Å². The SMILES string of the molecule is CCOc1ccc(OCC(=O)O[C@@H](C)C(=O)NCc2ccccc2OC)cc1. The number of methoxy groups -OCH3 is 1. The minimum Gasteiger partial charge on any atom is -0.496 e. The van der Waals surface area contributed by atoms with Crippen LogP contribution < -0.4 is 19.5 Å². The summed E-state index contributed by atoms with van der Waals surface area (Å²) in [5, 5.41) is 2.72. The molecule has 7 nitrogen and oxygen atoms in total. The quantitative estimate of drug-likeness (QED) is 0.631. The second kappa shape index (κ2) is 10.8. The van der Waals surface area contributed by atoms with E-state index in [1.165, 1.54) is 6.92 Å². The van der Waals surface area contributed by atoms with Gasteiger partial charge in [0.2, 0.25) is 0 Å². The van der Waals surface area contributed by atoms with Crippen molar-refractivity contribution in [3.8, 4) is 17.2 Å². The number of carbonyl (C=O) groups excluding carboxylic acids is 2. The molecular formula is C21H25NO6. The van der Waals surface area contributed by atoms with Gasteiger partial charge < -0.3 is 24.3 Å². The molecule has 0 fully saturated rings. The van der Waals surface area contributed by atoms with Crippen molar-refractivity contribution in [2.75, 3.05) is 20.3 Å². The van der Waals surface area contributed by atoms with Crippen LogP contribution in [-0.2, 0) is 20.9 Å². The average Bonchev–Trinajstić information content (AvgIpc) is 2.71. The Hall–Kier alpha value is -3.22. The van der Waals surface area contributed by atoms with E-state index in [2.05, 4.69) is 5.32 Å². The smallest absolute Gasteiger partial charge is 0.344 e. The Morgan fingerprint density at radius 1 is 1.00 bits per heavy atom. The summed E-state index contributed by atoms with van der Waals surface area (Å²) in [6, 6.07) is 14.2. The van der Waals surface area contributed by atoms with Crippen molar-refractivity contribution in [1.82, 2.24) is 5.32 Å². The van der Waals surface area contributed by atoms with Crippen molar-refractivity contribution in [2.24, 2.45) is 0 Å². The summed E-state index contributed by atoms with van der Waals surface area (Å²) in [4.78, 5) is 24.0. The minimum atomic E-state index is -0.939.